The predicted molar refractivity (Wildman–Crippen MR) is 67.4 cm³/mol. The maximum absolute atomic E-state index is 12.3. The molecule has 3 heteroatoms. The van der Waals surface area contributed by atoms with Crippen molar-refractivity contribution in [3.8, 4) is 0 Å². The van der Waals surface area contributed by atoms with Gasteiger partial charge in [0.05, 0.1) is 12.7 Å². The first-order valence-corrected chi connectivity index (χ1v) is 7.33. The fourth-order valence-corrected chi connectivity index (χ4v) is 4.08. The van der Waals surface area contributed by atoms with Gasteiger partial charge in [0.2, 0.25) is 5.91 Å². The second-order valence-corrected chi connectivity index (χ2v) is 6.11. The number of amides is 1. The molecule has 2 saturated carbocycles. The molecule has 4 unspecified atom stereocenters. The SMILES string of the molecule is CCCCC1NCN(C2CC3CCC2C3)C1=O. The van der Waals surface area contributed by atoms with E-state index in [4.69, 9.17) is 0 Å². The lowest BCUT2D eigenvalue weighted by atomic mass is 9.94. The van der Waals surface area contributed by atoms with Gasteiger partial charge in [0.15, 0.2) is 0 Å². The molecule has 0 radical (unpaired) electrons. The summed E-state index contributed by atoms with van der Waals surface area (Å²) < 4.78 is 0. The Morgan fingerprint density at radius 1 is 1.35 bits per heavy atom. The molecule has 3 fully saturated rings. The van der Waals surface area contributed by atoms with E-state index in [9.17, 15) is 4.79 Å². The zero-order valence-electron chi connectivity index (χ0n) is 10.8. The molecule has 1 heterocycles. The van der Waals surface area contributed by atoms with Crippen LogP contribution in [0.15, 0.2) is 0 Å². The van der Waals surface area contributed by atoms with Crippen LogP contribution in [-0.2, 0) is 4.79 Å². The van der Waals surface area contributed by atoms with Gasteiger partial charge in [-0.2, -0.15) is 0 Å². The second-order valence-electron chi connectivity index (χ2n) is 6.11. The number of carbonyl (C=O) groups is 1. The first-order valence-electron chi connectivity index (χ1n) is 7.33. The molecular weight excluding hydrogens is 212 g/mol. The van der Waals surface area contributed by atoms with Crippen molar-refractivity contribution < 1.29 is 4.79 Å². The first-order chi connectivity index (χ1) is 8.29. The van der Waals surface area contributed by atoms with Crippen LogP contribution in [0.1, 0.15) is 51.9 Å². The third kappa shape index (κ3) is 1.99. The Morgan fingerprint density at radius 2 is 2.24 bits per heavy atom. The highest BCUT2D eigenvalue weighted by molar-refractivity contribution is 5.84. The van der Waals surface area contributed by atoms with E-state index in [0.29, 0.717) is 11.9 Å². The molecule has 0 aromatic heterocycles. The maximum Gasteiger partial charge on any atom is 0.241 e. The second kappa shape index (κ2) is 4.60. The summed E-state index contributed by atoms with van der Waals surface area (Å²) in [5.74, 6) is 2.12. The minimum Gasteiger partial charge on any atom is -0.325 e. The Hall–Kier alpha value is -0.570. The van der Waals surface area contributed by atoms with E-state index < -0.39 is 0 Å². The van der Waals surface area contributed by atoms with Crippen molar-refractivity contribution >= 4 is 5.91 Å². The minimum atomic E-state index is 0.120. The highest BCUT2D eigenvalue weighted by Crippen LogP contribution is 2.47. The molecule has 1 amide bonds. The summed E-state index contributed by atoms with van der Waals surface area (Å²) in [6, 6.07) is 0.689. The molecule has 0 aromatic carbocycles. The fraction of sp³-hybridized carbons (Fsp3) is 0.929. The Bertz CT molecular complexity index is 305. The zero-order chi connectivity index (χ0) is 11.8. The van der Waals surface area contributed by atoms with Crippen LogP contribution in [0.5, 0.6) is 0 Å². The van der Waals surface area contributed by atoms with Crippen molar-refractivity contribution in [1.29, 1.82) is 0 Å². The van der Waals surface area contributed by atoms with E-state index >= 15 is 0 Å². The molecule has 1 N–H and O–H groups in total. The Balaban J connectivity index is 1.60. The lowest BCUT2D eigenvalue weighted by Crippen LogP contribution is -2.41. The third-order valence-corrected chi connectivity index (χ3v) is 5.04. The van der Waals surface area contributed by atoms with Crippen molar-refractivity contribution in [2.45, 2.75) is 64.0 Å². The van der Waals surface area contributed by atoms with Crippen molar-refractivity contribution in [3.05, 3.63) is 0 Å². The highest BCUT2D eigenvalue weighted by Gasteiger charge is 2.46. The van der Waals surface area contributed by atoms with Gasteiger partial charge < -0.3 is 4.90 Å². The largest absolute Gasteiger partial charge is 0.325 e. The lowest BCUT2D eigenvalue weighted by molar-refractivity contribution is -0.131. The number of rotatable bonds is 4. The van der Waals surface area contributed by atoms with E-state index in [1.807, 2.05) is 0 Å². The molecular formula is C14H24N2O. The zero-order valence-corrected chi connectivity index (χ0v) is 10.8. The van der Waals surface area contributed by atoms with Crippen LogP contribution in [0.2, 0.25) is 0 Å². The molecule has 1 aliphatic heterocycles. The summed E-state index contributed by atoms with van der Waals surface area (Å²) in [7, 11) is 0. The van der Waals surface area contributed by atoms with Crippen molar-refractivity contribution in [3.63, 3.8) is 0 Å². The van der Waals surface area contributed by atoms with Crippen LogP contribution < -0.4 is 5.32 Å². The number of fused-ring (bicyclic) bond motifs is 2. The van der Waals surface area contributed by atoms with E-state index in [-0.39, 0.29) is 6.04 Å². The summed E-state index contributed by atoms with van der Waals surface area (Å²) in [5, 5.41) is 3.40. The van der Waals surface area contributed by atoms with Crippen LogP contribution in [-0.4, -0.2) is 29.6 Å². The van der Waals surface area contributed by atoms with Crippen LogP contribution in [0.4, 0.5) is 0 Å². The molecule has 0 aromatic rings. The van der Waals surface area contributed by atoms with Crippen molar-refractivity contribution in [2.24, 2.45) is 11.8 Å². The van der Waals surface area contributed by atoms with Gasteiger partial charge in [-0.1, -0.05) is 26.2 Å². The average Bonchev–Trinajstić information content (AvgIpc) is 3.01. The van der Waals surface area contributed by atoms with Gasteiger partial charge in [0.25, 0.3) is 0 Å². The summed E-state index contributed by atoms with van der Waals surface area (Å²) in [6.45, 7) is 2.99. The van der Waals surface area contributed by atoms with Crippen molar-refractivity contribution in [2.75, 3.05) is 6.67 Å². The van der Waals surface area contributed by atoms with Gasteiger partial charge in [-0.25, -0.2) is 0 Å². The summed E-state index contributed by atoms with van der Waals surface area (Å²) in [5.41, 5.74) is 0. The molecule has 96 valence electrons. The Labute approximate surface area is 104 Å². The van der Waals surface area contributed by atoms with Crippen molar-refractivity contribution in [1.82, 2.24) is 10.2 Å². The number of nitrogens with zero attached hydrogens (tertiary/aromatic N) is 1. The number of carbonyl (C=O) groups excluding carboxylic acids is 1. The van der Waals surface area contributed by atoms with Gasteiger partial charge in [-0.05, 0) is 37.5 Å². The minimum absolute atomic E-state index is 0.120. The van der Waals surface area contributed by atoms with Gasteiger partial charge in [-0.15, -0.1) is 0 Å². The number of unbranched alkanes of at least 4 members (excludes halogenated alkanes) is 1. The van der Waals surface area contributed by atoms with E-state index in [0.717, 1.165) is 31.3 Å². The molecule has 2 bridgehead atoms. The smallest absolute Gasteiger partial charge is 0.241 e. The van der Waals surface area contributed by atoms with E-state index in [1.54, 1.807) is 0 Å². The molecule has 1 saturated heterocycles. The van der Waals surface area contributed by atoms with Crippen LogP contribution in [0.25, 0.3) is 0 Å². The number of nitrogens with one attached hydrogen (secondary N) is 1. The summed E-state index contributed by atoms with van der Waals surface area (Å²) >= 11 is 0. The third-order valence-electron chi connectivity index (χ3n) is 5.04. The summed E-state index contributed by atoms with van der Waals surface area (Å²) in [6.07, 6.45) is 8.79. The molecule has 0 spiro atoms. The van der Waals surface area contributed by atoms with Gasteiger partial charge in [0.1, 0.15) is 0 Å². The number of hydrogen-bond acceptors (Lipinski definition) is 2. The van der Waals surface area contributed by atoms with Gasteiger partial charge in [0, 0.05) is 6.04 Å². The molecule has 3 aliphatic rings. The quantitative estimate of drug-likeness (QED) is 0.811. The van der Waals surface area contributed by atoms with E-state index in [1.165, 1.54) is 32.1 Å². The lowest BCUT2D eigenvalue weighted by Gasteiger charge is -2.30. The number of hydrogen-bond donors (Lipinski definition) is 1. The normalized spacial score (nSPS) is 40.5. The van der Waals surface area contributed by atoms with E-state index in [2.05, 4.69) is 17.1 Å². The molecule has 17 heavy (non-hydrogen) atoms. The Morgan fingerprint density at radius 3 is 2.88 bits per heavy atom. The average molecular weight is 236 g/mol. The molecule has 2 aliphatic carbocycles. The highest BCUT2D eigenvalue weighted by atomic mass is 16.2. The molecule has 3 nitrogen and oxygen atoms in total. The standard InChI is InChI=1S/C14H24N2O/c1-2-3-4-12-14(17)16(9-15-12)13-8-10-5-6-11(13)7-10/h10-13,15H,2-9H2,1H3. The molecule has 3 rings (SSSR count). The van der Waals surface area contributed by atoms with Crippen LogP contribution in [0.3, 0.4) is 0 Å². The first kappa shape index (κ1) is 11.5. The molecule has 4 atom stereocenters. The Kier molecular flexibility index (Phi) is 3.12. The summed E-state index contributed by atoms with van der Waals surface area (Å²) in [4.78, 5) is 14.5. The fourth-order valence-electron chi connectivity index (χ4n) is 4.08. The monoisotopic (exact) mass is 236 g/mol. The topological polar surface area (TPSA) is 32.3 Å². The predicted octanol–water partition coefficient (Wildman–Crippen LogP) is 2.12. The van der Waals surface area contributed by atoms with Gasteiger partial charge in [-0.3, -0.25) is 10.1 Å². The van der Waals surface area contributed by atoms with Crippen LogP contribution >= 0.6 is 0 Å². The maximum atomic E-state index is 12.3. The van der Waals surface area contributed by atoms with Crippen LogP contribution in [0, 0.1) is 11.8 Å². The van der Waals surface area contributed by atoms with Gasteiger partial charge >= 0.3 is 0 Å².